The summed E-state index contributed by atoms with van der Waals surface area (Å²) in [5.41, 5.74) is 1.76. The lowest BCUT2D eigenvalue weighted by molar-refractivity contribution is -0.141. The Balaban J connectivity index is 1.57. The summed E-state index contributed by atoms with van der Waals surface area (Å²) in [5.74, 6) is 0. The predicted octanol–water partition coefficient (Wildman–Crippen LogP) is 6.31. The molecule has 0 aliphatic heterocycles. The Bertz CT molecular complexity index is 1900. The molecule has 0 fully saturated rings. The van der Waals surface area contributed by atoms with Gasteiger partial charge in [-0.25, -0.2) is 9.97 Å². The minimum absolute atomic E-state index is 0.138. The molecule has 6 aromatic rings. The zero-order chi connectivity index (χ0) is 29.6. The summed E-state index contributed by atoms with van der Waals surface area (Å²) < 4.78 is 43.1. The van der Waals surface area contributed by atoms with E-state index in [-0.39, 0.29) is 5.56 Å². The van der Waals surface area contributed by atoms with Crippen LogP contribution in [0.4, 0.5) is 13.2 Å². The third-order valence-electron chi connectivity index (χ3n) is 7.29. The SMILES string of the molecule is Cn1cc(-c2nc3ccc(C(O)(c4ccc(C(F)(F)F)nc4)c4cncn4C)cc3c(Cl)c2Cc2ccccc2)cn1. The molecule has 0 radical (unpaired) electrons. The molecule has 0 aliphatic rings. The molecule has 0 bridgehead atoms. The number of alkyl halides is 3. The molecule has 212 valence electrons. The van der Waals surface area contributed by atoms with Crippen LogP contribution in [0.3, 0.4) is 0 Å². The topological polar surface area (TPSA) is 81.6 Å². The lowest BCUT2D eigenvalue weighted by Crippen LogP contribution is -2.31. The number of aryl methyl sites for hydroxylation is 2. The lowest BCUT2D eigenvalue weighted by atomic mass is 9.83. The third-order valence-corrected chi connectivity index (χ3v) is 7.73. The Morgan fingerprint density at radius 1 is 0.929 bits per heavy atom. The Kier molecular flexibility index (Phi) is 6.83. The molecule has 4 aromatic heterocycles. The molecule has 0 saturated carbocycles. The second-order valence-electron chi connectivity index (χ2n) is 10.1. The number of aliphatic hydroxyl groups is 1. The van der Waals surface area contributed by atoms with Crippen LogP contribution < -0.4 is 0 Å². The Morgan fingerprint density at radius 2 is 1.69 bits per heavy atom. The number of aromatic nitrogens is 6. The summed E-state index contributed by atoms with van der Waals surface area (Å²) in [4.78, 5) is 12.7. The van der Waals surface area contributed by atoms with E-state index in [0.717, 1.165) is 29.0 Å². The van der Waals surface area contributed by atoms with Crippen LogP contribution in [0.1, 0.15) is 33.6 Å². The maximum Gasteiger partial charge on any atom is 0.433 e. The van der Waals surface area contributed by atoms with Crippen molar-refractivity contribution in [2.75, 3.05) is 0 Å². The maximum atomic E-state index is 13.3. The molecule has 1 N–H and O–H groups in total. The van der Waals surface area contributed by atoms with E-state index >= 15 is 0 Å². The molecule has 0 spiro atoms. The van der Waals surface area contributed by atoms with Crippen molar-refractivity contribution < 1.29 is 18.3 Å². The van der Waals surface area contributed by atoms with Crippen LogP contribution in [-0.2, 0) is 32.3 Å². The summed E-state index contributed by atoms with van der Waals surface area (Å²) in [6.45, 7) is 0. The fraction of sp³-hybridized carbons (Fsp3) is 0.161. The molecule has 1 atom stereocenters. The van der Waals surface area contributed by atoms with Gasteiger partial charge in [0.05, 0.1) is 40.6 Å². The smallest absolute Gasteiger partial charge is 0.374 e. The van der Waals surface area contributed by atoms with E-state index in [0.29, 0.717) is 39.3 Å². The van der Waals surface area contributed by atoms with Gasteiger partial charge < -0.3 is 9.67 Å². The number of benzene rings is 2. The molecule has 2 aromatic carbocycles. The van der Waals surface area contributed by atoms with Crippen molar-refractivity contribution in [3.63, 3.8) is 0 Å². The molecule has 11 heteroatoms. The standard InChI is InChI=1S/C31H24ClF3N6O/c1-40-18-36-16-27(40)30(42,22-9-11-26(37-15-22)31(33,34)35)21-8-10-25-23(13-21)28(32)24(12-19-6-4-3-5-7-19)29(39-25)20-14-38-41(2)17-20/h3-11,13-18,42H,12H2,1-2H3. The molecule has 4 heterocycles. The highest BCUT2D eigenvalue weighted by Gasteiger charge is 2.39. The van der Waals surface area contributed by atoms with Crippen molar-refractivity contribution in [3.8, 4) is 11.3 Å². The summed E-state index contributed by atoms with van der Waals surface area (Å²) in [6, 6.07) is 17.1. The van der Waals surface area contributed by atoms with Gasteiger partial charge in [-0.3, -0.25) is 9.67 Å². The Labute approximate surface area is 243 Å². The van der Waals surface area contributed by atoms with E-state index < -0.39 is 17.5 Å². The first kappa shape index (κ1) is 27.6. The number of imidazole rings is 1. The minimum atomic E-state index is -4.62. The van der Waals surface area contributed by atoms with Crippen molar-refractivity contribution in [1.29, 1.82) is 0 Å². The van der Waals surface area contributed by atoms with Crippen LogP contribution in [0.25, 0.3) is 22.2 Å². The van der Waals surface area contributed by atoms with Crippen molar-refractivity contribution >= 4 is 22.5 Å². The van der Waals surface area contributed by atoms with E-state index in [1.807, 2.05) is 43.6 Å². The van der Waals surface area contributed by atoms with E-state index in [1.165, 1.54) is 18.6 Å². The average molecular weight is 589 g/mol. The first-order valence-corrected chi connectivity index (χ1v) is 13.3. The van der Waals surface area contributed by atoms with Crippen molar-refractivity contribution in [2.24, 2.45) is 14.1 Å². The van der Waals surface area contributed by atoms with Gasteiger partial charge in [0.25, 0.3) is 0 Å². The number of hydrogen-bond donors (Lipinski definition) is 1. The van der Waals surface area contributed by atoms with E-state index in [2.05, 4.69) is 15.1 Å². The second-order valence-corrected chi connectivity index (χ2v) is 10.5. The molecule has 6 rings (SSSR count). The highest BCUT2D eigenvalue weighted by atomic mass is 35.5. The zero-order valence-electron chi connectivity index (χ0n) is 22.5. The van der Waals surface area contributed by atoms with Gasteiger partial charge >= 0.3 is 6.18 Å². The fourth-order valence-corrected chi connectivity index (χ4v) is 5.48. The number of hydrogen-bond acceptors (Lipinski definition) is 5. The van der Waals surface area contributed by atoms with Crippen molar-refractivity contribution in [1.82, 2.24) is 29.3 Å². The molecule has 0 aliphatic carbocycles. The molecule has 7 nitrogen and oxygen atoms in total. The van der Waals surface area contributed by atoms with Gasteiger partial charge in [0.2, 0.25) is 0 Å². The number of rotatable bonds is 6. The average Bonchev–Trinajstić information content (AvgIpc) is 3.62. The van der Waals surface area contributed by atoms with Crippen molar-refractivity contribution in [2.45, 2.75) is 18.2 Å². The zero-order valence-corrected chi connectivity index (χ0v) is 23.3. The van der Waals surface area contributed by atoms with Gasteiger partial charge in [0, 0.05) is 55.0 Å². The van der Waals surface area contributed by atoms with Crippen LogP contribution in [0.2, 0.25) is 5.02 Å². The second kappa shape index (κ2) is 10.4. The largest absolute Gasteiger partial charge is 0.433 e. The first-order valence-electron chi connectivity index (χ1n) is 12.9. The molecule has 1 unspecified atom stereocenters. The Morgan fingerprint density at radius 3 is 2.31 bits per heavy atom. The normalized spacial score (nSPS) is 13.4. The lowest BCUT2D eigenvalue weighted by Gasteiger charge is -2.30. The van der Waals surface area contributed by atoms with Crippen molar-refractivity contribution in [3.05, 3.63) is 130 Å². The van der Waals surface area contributed by atoms with Crippen LogP contribution in [-0.4, -0.2) is 34.4 Å². The van der Waals surface area contributed by atoms with E-state index in [9.17, 15) is 18.3 Å². The number of pyridine rings is 2. The van der Waals surface area contributed by atoms with Gasteiger partial charge in [0.1, 0.15) is 5.69 Å². The van der Waals surface area contributed by atoms with Gasteiger partial charge in [-0.1, -0.05) is 54.1 Å². The number of nitrogens with zero attached hydrogens (tertiary/aromatic N) is 6. The van der Waals surface area contributed by atoms with Gasteiger partial charge in [-0.05, 0) is 29.3 Å². The summed E-state index contributed by atoms with van der Waals surface area (Å²) in [6.07, 6.45) is 3.47. The first-order chi connectivity index (χ1) is 20.1. The maximum absolute atomic E-state index is 13.3. The van der Waals surface area contributed by atoms with Crippen LogP contribution in [0, 0.1) is 0 Å². The molecular weight excluding hydrogens is 565 g/mol. The van der Waals surface area contributed by atoms with Gasteiger partial charge in [0.15, 0.2) is 5.60 Å². The van der Waals surface area contributed by atoms with Gasteiger partial charge in [-0.2, -0.15) is 18.3 Å². The fourth-order valence-electron chi connectivity index (χ4n) is 5.18. The molecule has 0 amide bonds. The Hall–Kier alpha value is -4.54. The predicted molar refractivity (Wildman–Crippen MR) is 153 cm³/mol. The van der Waals surface area contributed by atoms with Crippen LogP contribution in [0.15, 0.2) is 91.8 Å². The van der Waals surface area contributed by atoms with E-state index in [1.54, 1.807) is 40.7 Å². The third kappa shape index (κ3) is 4.82. The highest BCUT2D eigenvalue weighted by Crippen LogP contribution is 2.41. The quantitative estimate of drug-likeness (QED) is 0.247. The number of fused-ring (bicyclic) bond motifs is 1. The monoisotopic (exact) mass is 588 g/mol. The van der Waals surface area contributed by atoms with Gasteiger partial charge in [-0.15, -0.1) is 0 Å². The van der Waals surface area contributed by atoms with E-state index in [4.69, 9.17) is 16.6 Å². The highest BCUT2D eigenvalue weighted by molar-refractivity contribution is 6.36. The summed E-state index contributed by atoms with van der Waals surface area (Å²) in [5, 5.41) is 17.7. The molecular formula is C31H24ClF3N6O. The van der Waals surface area contributed by atoms with Crippen LogP contribution >= 0.6 is 11.6 Å². The minimum Gasteiger partial charge on any atom is -0.374 e. The molecule has 0 saturated heterocycles. The summed E-state index contributed by atoms with van der Waals surface area (Å²) in [7, 11) is 3.52. The number of halogens is 4. The summed E-state index contributed by atoms with van der Waals surface area (Å²) >= 11 is 7.14. The molecule has 42 heavy (non-hydrogen) atoms. The van der Waals surface area contributed by atoms with Crippen LogP contribution in [0.5, 0.6) is 0 Å².